The summed E-state index contributed by atoms with van der Waals surface area (Å²) in [5.41, 5.74) is 2.92. The Hall–Kier alpha value is -3.44. The molecule has 5 heteroatoms. The maximum absolute atomic E-state index is 5.86. The van der Waals surface area contributed by atoms with Crippen LogP contribution in [0.25, 0.3) is 11.3 Å². The molecule has 0 spiro atoms. The molecular weight excluding hydrogens is 354 g/mol. The highest BCUT2D eigenvalue weighted by Crippen LogP contribution is 2.21. The second-order valence-electron chi connectivity index (χ2n) is 5.92. The van der Waals surface area contributed by atoms with Crippen LogP contribution in [0, 0.1) is 4.77 Å². The smallest absolute Gasteiger partial charge is 0.198 e. The van der Waals surface area contributed by atoms with Crippen LogP contribution in [-0.4, -0.2) is 15.9 Å². The van der Waals surface area contributed by atoms with E-state index in [9.17, 15) is 0 Å². The van der Waals surface area contributed by atoms with E-state index in [1.54, 1.807) is 10.9 Å². The van der Waals surface area contributed by atoms with Gasteiger partial charge in [-0.05, 0) is 47.6 Å². The van der Waals surface area contributed by atoms with E-state index in [-0.39, 0.29) is 0 Å². The molecule has 0 saturated heterocycles. The third-order valence-corrected chi connectivity index (χ3v) is 4.24. The molecule has 0 aliphatic heterocycles. The van der Waals surface area contributed by atoms with Crippen LogP contribution in [-0.2, 0) is 0 Å². The maximum Gasteiger partial charge on any atom is 0.198 e. The van der Waals surface area contributed by atoms with Gasteiger partial charge in [0, 0.05) is 0 Å². The number of imidazole rings is 1. The molecule has 0 radical (unpaired) electrons. The van der Waals surface area contributed by atoms with E-state index in [0.717, 1.165) is 28.3 Å². The highest BCUT2D eigenvalue weighted by Gasteiger charge is 2.02. The number of nitrogens with one attached hydrogen (secondary N) is 1. The van der Waals surface area contributed by atoms with Crippen LogP contribution in [0.1, 0.15) is 5.56 Å². The summed E-state index contributed by atoms with van der Waals surface area (Å²) in [6, 6.07) is 27.5. The van der Waals surface area contributed by atoms with Crippen molar-refractivity contribution in [2.75, 3.05) is 0 Å². The lowest BCUT2D eigenvalue weighted by Crippen LogP contribution is -1.90. The molecule has 132 valence electrons. The van der Waals surface area contributed by atoms with Gasteiger partial charge in [0.25, 0.3) is 0 Å². The number of rotatable bonds is 5. The van der Waals surface area contributed by atoms with Crippen LogP contribution >= 0.6 is 12.2 Å². The molecule has 0 aliphatic carbocycles. The first kappa shape index (κ1) is 17.0. The van der Waals surface area contributed by atoms with E-state index in [4.69, 9.17) is 17.0 Å². The number of benzene rings is 3. The summed E-state index contributed by atoms with van der Waals surface area (Å²) < 4.78 is 8.06. The monoisotopic (exact) mass is 371 g/mol. The second kappa shape index (κ2) is 7.85. The fourth-order valence-corrected chi connectivity index (χ4v) is 2.86. The molecule has 4 aromatic rings. The molecule has 0 fully saturated rings. The van der Waals surface area contributed by atoms with Gasteiger partial charge in [-0.15, -0.1) is 0 Å². The number of H-pyrrole nitrogens is 1. The Balaban J connectivity index is 1.54. The number of para-hydroxylation sites is 1. The lowest BCUT2D eigenvalue weighted by molar-refractivity contribution is 0.482. The Morgan fingerprint density at radius 2 is 1.56 bits per heavy atom. The highest BCUT2D eigenvalue weighted by molar-refractivity contribution is 7.71. The summed E-state index contributed by atoms with van der Waals surface area (Å²) in [4.78, 5) is 3.18. The molecule has 1 aromatic heterocycles. The van der Waals surface area contributed by atoms with E-state index >= 15 is 0 Å². The third-order valence-electron chi connectivity index (χ3n) is 3.95. The SMILES string of the molecule is S=c1[nH]c(-c2ccccc2)cn1N=Cc1cccc(Oc2ccccc2)c1. The quantitative estimate of drug-likeness (QED) is 0.351. The van der Waals surface area contributed by atoms with Gasteiger partial charge in [-0.1, -0.05) is 60.7 Å². The van der Waals surface area contributed by atoms with Crippen molar-refractivity contribution < 1.29 is 4.74 Å². The molecule has 0 saturated carbocycles. The molecule has 0 unspecified atom stereocenters. The summed E-state index contributed by atoms with van der Waals surface area (Å²) in [5, 5.41) is 4.47. The van der Waals surface area contributed by atoms with Crippen LogP contribution in [0.4, 0.5) is 0 Å². The molecule has 0 aliphatic rings. The normalized spacial score (nSPS) is 11.0. The average molecular weight is 371 g/mol. The van der Waals surface area contributed by atoms with Crippen molar-refractivity contribution in [2.45, 2.75) is 0 Å². The van der Waals surface area contributed by atoms with E-state index in [0.29, 0.717) is 4.77 Å². The highest BCUT2D eigenvalue weighted by atomic mass is 32.1. The van der Waals surface area contributed by atoms with Crippen molar-refractivity contribution in [3.63, 3.8) is 0 Å². The van der Waals surface area contributed by atoms with Gasteiger partial charge < -0.3 is 9.72 Å². The Morgan fingerprint density at radius 3 is 2.33 bits per heavy atom. The van der Waals surface area contributed by atoms with E-state index in [2.05, 4.69) is 10.1 Å². The largest absolute Gasteiger partial charge is 0.457 e. The molecule has 0 amide bonds. The second-order valence-corrected chi connectivity index (χ2v) is 6.30. The predicted molar refractivity (Wildman–Crippen MR) is 111 cm³/mol. The van der Waals surface area contributed by atoms with Gasteiger partial charge in [-0.3, -0.25) is 0 Å². The molecule has 27 heavy (non-hydrogen) atoms. The maximum atomic E-state index is 5.86. The van der Waals surface area contributed by atoms with Crippen LogP contribution in [0.3, 0.4) is 0 Å². The topological polar surface area (TPSA) is 42.3 Å². The lowest BCUT2D eigenvalue weighted by atomic mass is 10.2. The number of aromatic amines is 1. The molecule has 1 N–H and O–H groups in total. The van der Waals surface area contributed by atoms with Gasteiger partial charge >= 0.3 is 0 Å². The lowest BCUT2D eigenvalue weighted by Gasteiger charge is -2.05. The van der Waals surface area contributed by atoms with Crippen molar-refractivity contribution in [2.24, 2.45) is 5.10 Å². The first-order valence-electron chi connectivity index (χ1n) is 8.52. The Morgan fingerprint density at radius 1 is 0.852 bits per heavy atom. The molecular formula is C22H17N3OS. The summed E-state index contributed by atoms with van der Waals surface area (Å²) in [6.45, 7) is 0. The van der Waals surface area contributed by atoms with E-state index in [1.165, 1.54) is 0 Å². The Bertz CT molecular complexity index is 1120. The zero-order valence-corrected chi connectivity index (χ0v) is 15.3. The van der Waals surface area contributed by atoms with Crippen molar-refractivity contribution >= 4 is 18.4 Å². The van der Waals surface area contributed by atoms with Gasteiger partial charge in [-0.25, -0.2) is 4.68 Å². The predicted octanol–water partition coefficient (Wildman–Crippen LogP) is 5.89. The van der Waals surface area contributed by atoms with Crippen molar-refractivity contribution in [1.29, 1.82) is 0 Å². The molecule has 4 nitrogen and oxygen atoms in total. The molecule has 4 rings (SSSR count). The molecule has 0 atom stereocenters. The summed E-state index contributed by atoms with van der Waals surface area (Å²) in [6.07, 6.45) is 3.65. The van der Waals surface area contributed by atoms with Crippen LogP contribution in [0.2, 0.25) is 0 Å². The van der Waals surface area contributed by atoms with Gasteiger partial charge in [-0.2, -0.15) is 5.10 Å². The fraction of sp³-hybridized carbons (Fsp3) is 0. The Kier molecular flexibility index (Phi) is 4.94. The average Bonchev–Trinajstić information content (AvgIpc) is 3.09. The Labute approximate surface area is 162 Å². The van der Waals surface area contributed by atoms with Crippen molar-refractivity contribution in [1.82, 2.24) is 9.66 Å². The molecule has 0 bridgehead atoms. The zero-order chi connectivity index (χ0) is 18.5. The van der Waals surface area contributed by atoms with Crippen molar-refractivity contribution in [3.05, 3.63) is 101 Å². The number of hydrogen-bond donors (Lipinski definition) is 1. The minimum atomic E-state index is 0.543. The summed E-state index contributed by atoms with van der Waals surface area (Å²) in [5.74, 6) is 1.56. The fourth-order valence-electron chi connectivity index (χ4n) is 2.65. The van der Waals surface area contributed by atoms with Crippen LogP contribution in [0.15, 0.2) is 96.2 Å². The number of nitrogens with zero attached hydrogens (tertiary/aromatic N) is 2. The minimum absolute atomic E-state index is 0.543. The molecule has 1 heterocycles. The number of ether oxygens (including phenoxy) is 1. The van der Waals surface area contributed by atoms with Gasteiger partial charge in [0.2, 0.25) is 0 Å². The van der Waals surface area contributed by atoms with Crippen LogP contribution in [0.5, 0.6) is 11.5 Å². The summed E-state index contributed by atoms with van der Waals surface area (Å²) >= 11 is 5.37. The van der Waals surface area contributed by atoms with Crippen molar-refractivity contribution in [3.8, 4) is 22.8 Å². The number of aromatic nitrogens is 2. The van der Waals surface area contributed by atoms with Gasteiger partial charge in [0.1, 0.15) is 11.5 Å². The zero-order valence-electron chi connectivity index (χ0n) is 14.4. The first-order chi connectivity index (χ1) is 13.3. The molecule has 3 aromatic carbocycles. The standard InChI is InChI=1S/C22H17N3OS/c27-22-24-21(18-9-3-1-4-10-18)16-25(22)23-15-17-8-7-13-20(14-17)26-19-11-5-2-6-12-19/h1-16H,(H,24,27). The van der Waals surface area contributed by atoms with Gasteiger partial charge in [0.15, 0.2) is 4.77 Å². The van der Waals surface area contributed by atoms with E-state index in [1.807, 2.05) is 91.1 Å². The summed E-state index contributed by atoms with van der Waals surface area (Å²) in [7, 11) is 0. The van der Waals surface area contributed by atoms with Crippen LogP contribution < -0.4 is 4.74 Å². The van der Waals surface area contributed by atoms with Gasteiger partial charge in [0.05, 0.1) is 18.1 Å². The number of hydrogen-bond acceptors (Lipinski definition) is 3. The minimum Gasteiger partial charge on any atom is -0.457 e. The van der Waals surface area contributed by atoms with E-state index < -0.39 is 0 Å². The third kappa shape index (κ3) is 4.22. The first-order valence-corrected chi connectivity index (χ1v) is 8.93.